The first-order valence-corrected chi connectivity index (χ1v) is 5.19. The average molecular weight is 253 g/mol. The summed E-state index contributed by atoms with van der Waals surface area (Å²) < 4.78 is 6.59. The quantitative estimate of drug-likeness (QED) is 0.734. The van der Waals surface area contributed by atoms with E-state index in [2.05, 4.69) is 28.8 Å². The van der Waals surface area contributed by atoms with Gasteiger partial charge in [-0.2, -0.15) is 0 Å². The number of rotatable bonds is 2. The monoisotopic (exact) mass is 252 g/mol. The Labute approximate surface area is 93.6 Å². The molecule has 0 spiro atoms. The Morgan fingerprint density at radius 1 is 1.36 bits per heavy atom. The Balaban J connectivity index is 3.14. The minimum Gasteiger partial charge on any atom is -0.481 e. The van der Waals surface area contributed by atoms with Crippen LogP contribution in [0.2, 0.25) is 0 Å². The Morgan fingerprint density at radius 2 is 2.00 bits per heavy atom. The first-order valence-electron chi connectivity index (χ1n) is 4.40. The predicted molar refractivity (Wildman–Crippen MR) is 62.7 cm³/mol. The van der Waals surface area contributed by atoms with Crippen LogP contribution in [-0.4, -0.2) is 6.61 Å². The van der Waals surface area contributed by atoms with Gasteiger partial charge in [-0.25, -0.2) is 0 Å². The molecule has 1 nitrogen and oxygen atoms in total. The lowest BCUT2D eigenvalue weighted by Crippen LogP contribution is -1.98. The highest BCUT2D eigenvalue weighted by molar-refractivity contribution is 9.10. The van der Waals surface area contributed by atoms with Crippen molar-refractivity contribution in [2.75, 3.05) is 6.61 Å². The second-order valence-corrected chi connectivity index (χ2v) is 4.04. The molecule has 0 N–H and O–H groups in total. The molecular formula is C12H13BrO. The van der Waals surface area contributed by atoms with E-state index in [0.717, 1.165) is 15.8 Å². The van der Waals surface area contributed by atoms with E-state index in [1.165, 1.54) is 11.1 Å². The van der Waals surface area contributed by atoms with Crippen molar-refractivity contribution < 1.29 is 4.74 Å². The summed E-state index contributed by atoms with van der Waals surface area (Å²) >= 11 is 3.54. The Bertz CT molecular complexity index is 388. The van der Waals surface area contributed by atoms with Crippen LogP contribution in [0.25, 0.3) is 0 Å². The Morgan fingerprint density at radius 3 is 2.57 bits per heavy atom. The summed E-state index contributed by atoms with van der Waals surface area (Å²) in [7, 11) is 0. The van der Waals surface area contributed by atoms with Gasteiger partial charge in [0.15, 0.2) is 0 Å². The summed E-state index contributed by atoms with van der Waals surface area (Å²) in [5, 5.41) is 0. The molecule has 0 saturated heterocycles. The molecule has 0 fully saturated rings. The second-order valence-electron chi connectivity index (χ2n) is 3.25. The lowest BCUT2D eigenvalue weighted by molar-refractivity contribution is 0.367. The molecule has 0 aromatic heterocycles. The van der Waals surface area contributed by atoms with Crippen LogP contribution >= 0.6 is 15.9 Å². The van der Waals surface area contributed by atoms with Crippen LogP contribution in [-0.2, 0) is 0 Å². The van der Waals surface area contributed by atoms with Crippen LogP contribution in [0.5, 0.6) is 5.75 Å². The molecular weight excluding hydrogens is 240 g/mol. The highest BCUT2D eigenvalue weighted by Crippen LogP contribution is 2.30. The minimum absolute atomic E-state index is 0.321. The van der Waals surface area contributed by atoms with Gasteiger partial charge < -0.3 is 4.74 Å². The van der Waals surface area contributed by atoms with Gasteiger partial charge in [-0.1, -0.05) is 21.9 Å². The van der Waals surface area contributed by atoms with E-state index in [0.29, 0.717) is 6.61 Å². The zero-order valence-electron chi connectivity index (χ0n) is 8.65. The van der Waals surface area contributed by atoms with E-state index in [1.807, 2.05) is 19.9 Å². The summed E-state index contributed by atoms with van der Waals surface area (Å²) in [5.74, 6) is 3.34. The van der Waals surface area contributed by atoms with Gasteiger partial charge in [0.1, 0.15) is 12.4 Å². The zero-order valence-corrected chi connectivity index (χ0v) is 10.2. The van der Waals surface area contributed by atoms with E-state index in [9.17, 15) is 0 Å². The van der Waals surface area contributed by atoms with Crippen molar-refractivity contribution in [3.05, 3.63) is 27.2 Å². The van der Waals surface area contributed by atoms with Crippen LogP contribution < -0.4 is 4.74 Å². The molecule has 0 aliphatic rings. The van der Waals surface area contributed by atoms with Crippen molar-refractivity contribution in [3.63, 3.8) is 0 Å². The largest absolute Gasteiger partial charge is 0.481 e. The average Bonchev–Trinajstić information content (AvgIpc) is 2.18. The molecule has 1 rings (SSSR count). The van der Waals surface area contributed by atoms with Crippen molar-refractivity contribution in [1.29, 1.82) is 0 Å². The third-order valence-electron chi connectivity index (χ3n) is 2.27. The van der Waals surface area contributed by atoms with Gasteiger partial charge in [-0.05, 0) is 43.5 Å². The molecule has 0 amide bonds. The maximum absolute atomic E-state index is 5.45. The molecule has 0 unspecified atom stereocenters. The van der Waals surface area contributed by atoms with E-state index >= 15 is 0 Å². The molecule has 0 aliphatic heterocycles. The number of halogens is 1. The van der Waals surface area contributed by atoms with Gasteiger partial charge in [0.25, 0.3) is 0 Å². The Hall–Kier alpha value is -0.940. The predicted octanol–water partition coefficient (Wildman–Crippen LogP) is 3.39. The van der Waals surface area contributed by atoms with E-state index in [-0.39, 0.29) is 0 Å². The van der Waals surface area contributed by atoms with E-state index < -0.39 is 0 Å². The molecule has 1 aromatic rings. The van der Waals surface area contributed by atoms with Gasteiger partial charge in [-0.15, -0.1) is 6.42 Å². The van der Waals surface area contributed by atoms with Crippen molar-refractivity contribution in [2.24, 2.45) is 0 Å². The van der Waals surface area contributed by atoms with Gasteiger partial charge in [-0.3, -0.25) is 0 Å². The van der Waals surface area contributed by atoms with Crippen molar-refractivity contribution in [3.8, 4) is 18.1 Å². The highest BCUT2D eigenvalue weighted by atomic mass is 79.9. The lowest BCUT2D eigenvalue weighted by atomic mass is 10.1. The van der Waals surface area contributed by atoms with Crippen LogP contribution in [0, 0.1) is 33.1 Å². The molecule has 0 aliphatic carbocycles. The smallest absolute Gasteiger partial charge is 0.148 e. The molecule has 0 radical (unpaired) electrons. The number of benzene rings is 1. The fourth-order valence-corrected chi connectivity index (χ4v) is 1.69. The highest BCUT2D eigenvalue weighted by Gasteiger charge is 2.08. The lowest BCUT2D eigenvalue weighted by Gasteiger charge is -2.12. The first kappa shape index (κ1) is 11.1. The number of hydrogen-bond acceptors (Lipinski definition) is 1. The topological polar surface area (TPSA) is 9.23 Å². The standard InChI is InChI=1S/C12H13BrO/c1-5-6-14-11-7-8(2)12(13)10(4)9(11)3/h1,7H,6H2,2-4H3. The summed E-state index contributed by atoms with van der Waals surface area (Å²) in [4.78, 5) is 0. The molecule has 0 saturated carbocycles. The molecule has 0 heterocycles. The van der Waals surface area contributed by atoms with Crippen molar-refractivity contribution in [2.45, 2.75) is 20.8 Å². The van der Waals surface area contributed by atoms with Crippen LogP contribution in [0.1, 0.15) is 16.7 Å². The third-order valence-corrected chi connectivity index (χ3v) is 3.49. The Kier molecular flexibility index (Phi) is 3.60. The van der Waals surface area contributed by atoms with Crippen molar-refractivity contribution in [1.82, 2.24) is 0 Å². The molecule has 2 heteroatoms. The van der Waals surface area contributed by atoms with Gasteiger partial charge >= 0.3 is 0 Å². The molecule has 0 atom stereocenters. The van der Waals surface area contributed by atoms with E-state index in [1.54, 1.807) is 0 Å². The van der Waals surface area contributed by atoms with Gasteiger partial charge in [0.05, 0.1) is 0 Å². The summed E-state index contributed by atoms with van der Waals surface area (Å²) in [5.41, 5.74) is 3.51. The molecule has 74 valence electrons. The normalized spacial score (nSPS) is 9.64. The number of hydrogen-bond donors (Lipinski definition) is 0. The number of ether oxygens (including phenoxy) is 1. The minimum atomic E-state index is 0.321. The fourth-order valence-electron chi connectivity index (χ4n) is 1.28. The maximum atomic E-state index is 5.45. The molecule has 14 heavy (non-hydrogen) atoms. The SMILES string of the molecule is C#CCOc1cc(C)c(Br)c(C)c1C. The van der Waals surface area contributed by atoms with Gasteiger partial charge in [0, 0.05) is 4.47 Å². The summed E-state index contributed by atoms with van der Waals surface area (Å²) in [6.07, 6.45) is 5.15. The van der Waals surface area contributed by atoms with E-state index in [4.69, 9.17) is 11.2 Å². The fraction of sp³-hybridized carbons (Fsp3) is 0.333. The van der Waals surface area contributed by atoms with Crippen LogP contribution in [0.15, 0.2) is 10.5 Å². The number of aryl methyl sites for hydroxylation is 1. The first-order chi connectivity index (χ1) is 6.57. The summed E-state index contributed by atoms with van der Waals surface area (Å²) in [6, 6.07) is 2.00. The van der Waals surface area contributed by atoms with Crippen LogP contribution in [0.3, 0.4) is 0 Å². The van der Waals surface area contributed by atoms with Crippen molar-refractivity contribution >= 4 is 15.9 Å². The van der Waals surface area contributed by atoms with Gasteiger partial charge in [0.2, 0.25) is 0 Å². The molecule has 1 aromatic carbocycles. The third kappa shape index (κ3) is 2.10. The summed E-state index contributed by atoms with van der Waals surface area (Å²) in [6.45, 7) is 6.46. The molecule has 0 bridgehead atoms. The zero-order chi connectivity index (χ0) is 10.7. The maximum Gasteiger partial charge on any atom is 0.148 e. The number of terminal acetylenes is 1. The second kappa shape index (κ2) is 4.52. The van der Waals surface area contributed by atoms with Crippen LogP contribution in [0.4, 0.5) is 0 Å².